The fourth-order valence-corrected chi connectivity index (χ4v) is 4.14. The maximum Gasteiger partial charge on any atom is 0.249 e. The number of hydrogen-bond donors (Lipinski definition) is 0. The number of fused-ring (bicyclic) bond motifs is 6. The van der Waals surface area contributed by atoms with Gasteiger partial charge in [0.25, 0.3) is 0 Å². The van der Waals surface area contributed by atoms with Crippen LogP contribution in [0.1, 0.15) is 42.9 Å². The van der Waals surface area contributed by atoms with E-state index in [1.165, 1.54) is 22.3 Å². The molecule has 26 heavy (non-hydrogen) atoms. The average molecular weight is 343 g/mol. The summed E-state index contributed by atoms with van der Waals surface area (Å²) in [6.45, 7) is 4.22. The number of ether oxygens (including phenoxy) is 2. The molecule has 0 aliphatic carbocycles. The number of rotatable bonds is 2. The Balaban J connectivity index is 1.67. The normalized spacial score (nSPS) is 22.6. The van der Waals surface area contributed by atoms with Crippen molar-refractivity contribution in [3.05, 3.63) is 77.6 Å². The van der Waals surface area contributed by atoms with E-state index in [-0.39, 0.29) is 5.92 Å². The van der Waals surface area contributed by atoms with Gasteiger partial charge in [-0.3, -0.25) is 4.98 Å². The molecule has 0 radical (unpaired) electrons. The molecule has 0 saturated heterocycles. The van der Waals surface area contributed by atoms with Crippen LogP contribution in [0.3, 0.4) is 0 Å². The highest BCUT2D eigenvalue weighted by molar-refractivity contribution is 5.66. The Labute approximate surface area is 153 Å². The second-order valence-corrected chi connectivity index (χ2v) is 7.31. The van der Waals surface area contributed by atoms with Gasteiger partial charge in [0.2, 0.25) is 5.79 Å². The minimum Gasteiger partial charge on any atom is -0.452 e. The summed E-state index contributed by atoms with van der Waals surface area (Å²) < 4.78 is 12.5. The maximum atomic E-state index is 6.26. The number of pyridine rings is 1. The molecule has 2 aliphatic rings. The molecule has 1 aromatic heterocycles. The van der Waals surface area contributed by atoms with Crippen LogP contribution in [0.2, 0.25) is 0 Å². The number of aryl methyl sites for hydroxylation is 1. The second kappa shape index (κ2) is 5.60. The summed E-state index contributed by atoms with van der Waals surface area (Å²) >= 11 is 0. The summed E-state index contributed by atoms with van der Waals surface area (Å²) in [5.74, 6) is 1.55. The molecule has 2 atom stereocenters. The van der Waals surface area contributed by atoms with Crippen LogP contribution in [-0.4, -0.2) is 10.8 Å². The molecule has 0 fully saturated rings. The average Bonchev–Trinajstić information content (AvgIpc) is 2.67. The molecule has 0 N–H and O–H groups in total. The summed E-state index contributed by atoms with van der Waals surface area (Å²) in [6.07, 6.45) is 5.56. The molecule has 130 valence electrons. The van der Waals surface area contributed by atoms with Crippen LogP contribution in [0.25, 0.3) is 11.1 Å². The van der Waals surface area contributed by atoms with Gasteiger partial charge in [-0.1, -0.05) is 31.2 Å². The first kappa shape index (κ1) is 15.4. The third-order valence-corrected chi connectivity index (χ3v) is 5.46. The number of aromatic nitrogens is 1. The lowest BCUT2D eigenvalue weighted by Crippen LogP contribution is -2.46. The minimum atomic E-state index is -0.603. The van der Waals surface area contributed by atoms with Crippen LogP contribution in [0.15, 0.2) is 60.9 Å². The molecule has 2 bridgehead atoms. The van der Waals surface area contributed by atoms with Crippen LogP contribution >= 0.6 is 0 Å². The van der Waals surface area contributed by atoms with Crippen molar-refractivity contribution < 1.29 is 9.47 Å². The minimum absolute atomic E-state index is 0.288. The summed E-state index contributed by atoms with van der Waals surface area (Å²) in [5, 5.41) is 0. The predicted molar refractivity (Wildman–Crippen MR) is 102 cm³/mol. The topological polar surface area (TPSA) is 31.4 Å². The number of benzene rings is 2. The van der Waals surface area contributed by atoms with E-state index >= 15 is 0 Å². The molecule has 3 nitrogen and oxygen atoms in total. The number of hydrogen-bond acceptors (Lipinski definition) is 3. The van der Waals surface area contributed by atoms with Crippen molar-refractivity contribution in [2.75, 3.05) is 0 Å². The van der Waals surface area contributed by atoms with E-state index in [0.29, 0.717) is 0 Å². The molecule has 0 saturated carbocycles. The molecular formula is C23H21NO2. The van der Waals surface area contributed by atoms with Gasteiger partial charge in [0.1, 0.15) is 11.5 Å². The largest absolute Gasteiger partial charge is 0.452 e. The summed E-state index contributed by atoms with van der Waals surface area (Å²) in [7, 11) is 0. The Bertz CT molecular complexity index is 983. The monoisotopic (exact) mass is 343 g/mol. The summed E-state index contributed by atoms with van der Waals surface area (Å²) in [5.41, 5.74) is 6.14. The van der Waals surface area contributed by atoms with Crippen LogP contribution in [-0.2, 0) is 6.42 Å². The van der Waals surface area contributed by atoms with Gasteiger partial charge in [-0.05, 0) is 41.8 Å². The van der Waals surface area contributed by atoms with Crippen molar-refractivity contribution in [1.82, 2.24) is 4.98 Å². The van der Waals surface area contributed by atoms with Crippen molar-refractivity contribution >= 4 is 0 Å². The maximum absolute atomic E-state index is 6.26. The van der Waals surface area contributed by atoms with Gasteiger partial charge >= 0.3 is 0 Å². The van der Waals surface area contributed by atoms with Gasteiger partial charge < -0.3 is 9.47 Å². The Kier molecular flexibility index (Phi) is 3.33. The fraction of sp³-hybridized carbons (Fsp3) is 0.261. The van der Waals surface area contributed by atoms with Crippen molar-refractivity contribution in [3.63, 3.8) is 0 Å². The van der Waals surface area contributed by atoms with Gasteiger partial charge in [0, 0.05) is 48.3 Å². The second-order valence-electron chi connectivity index (χ2n) is 7.31. The zero-order chi connectivity index (χ0) is 17.7. The Hall–Kier alpha value is -2.81. The first-order chi connectivity index (χ1) is 12.6. The third-order valence-electron chi connectivity index (χ3n) is 5.46. The molecule has 0 spiro atoms. The highest BCUT2D eigenvalue weighted by atomic mass is 16.7. The molecule has 0 amide bonds. The lowest BCUT2D eigenvalue weighted by molar-refractivity contribution is -0.125. The van der Waals surface area contributed by atoms with E-state index in [9.17, 15) is 0 Å². The molecule has 5 rings (SSSR count). The van der Waals surface area contributed by atoms with E-state index in [1.54, 1.807) is 6.20 Å². The smallest absolute Gasteiger partial charge is 0.249 e. The highest BCUT2D eigenvalue weighted by Crippen LogP contribution is 2.52. The van der Waals surface area contributed by atoms with Gasteiger partial charge in [-0.2, -0.15) is 0 Å². The molecule has 2 aliphatic heterocycles. The Morgan fingerprint density at radius 2 is 1.77 bits per heavy atom. The van der Waals surface area contributed by atoms with Crippen molar-refractivity contribution in [2.24, 2.45) is 0 Å². The van der Waals surface area contributed by atoms with E-state index in [0.717, 1.165) is 29.9 Å². The Morgan fingerprint density at radius 3 is 2.50 bits per heavy atom. The molecule has 0 unspecified atom stereocenters. The van der Waals surface area contributed by atoms with Gasteiger partial charge in [0.05, 0.1) is 0 Å². The van der Waals surface area contributed by atoms with Crippen LogP contribution in [0, 0.1) is 0 Å². The zero-order valence-electron chi connectivity index (χ0n) is 15.0. The standard InChI is InChI=1S/C23H21NO2/c1-3-15-6-8-21-18(11-15)20-13-23(2,25-21)26-22-9-7-16(12-19(20)22)17-5-4-10-24-14-17/h4-12,14,20H,3,13H2,1-2H3/t20-,23+/m1/s1. The van der Waals surface area contributed by atoms with E-state index in [4.69, 9.17) is 9.47 Å². The predicted octanol–water partition coefficient (Wildman–Crippen LogP) is 5.33. The van der Waals surface area contributed by atoms with Crippen molar-refractivity contribution in [1.29, 1.82) is 0 Å². The summed E-state index contributed by atoms with van der Waals surface area (Å²) in [6, 6.07) is 17.0. The van der Waals surface area contributed by atoms with Crippen LogP contribution < -0.4 is 9.47 Å². The van der Waals surface area contributed by atoms with Gasteiger partial charge in [-0.15, -0.1) is 0 Å². The molecule has 3 aromatic rings. The molecule has 2 aromatic carbocycles. The van der Waals surface area contributed by atoms with Gasteiger partial charge in [0.15, 0.2) is 0 Å². The SMILES string of the molecule is CCc1ccc2c(c1)[C@H]1C[C@@](C)(O2)Oc2ccc(-c3cccnc3)cc21. The molecule has 3 heterocycles. The van der Waals surface area contributed by atoms with Crippen LogP contribution in [0.5, 0.6) is 11.5 Å². The van der Waals surface area contributed by atoms with Crippen molar-refractivity contribution in [3.8, 4) is 22.6 Å². The number of nitrogens with zero attached hydrogens (tertiary/aromatic N) is 1. The molecule has 3 heteroatoms. The highest BCUT2D eigenvalue weighted by Gasteiger charge is 2.45. The van der Waals surface area contributed by atoms with Crippen LogP contribution in [0.4, 0.5) is 0 Å². The summed E-state index contributed by atoms with van der Waals surface area (Å²) in [4.78, 5) is 4.25. The Morgan fingerprint density at radius 1 is 1.00 bits per heavy atom. The third kappa shape index (κ3) is 2.38. The quantitative estimate of drug-likeness (QED) is 0.630. The first-order valence-electron chi connectivity index (χ1n) is 9.20. The fourth-order valence-electron chi connectivity index (χ4n) is 4.14. The van der Waals surface area contributed by atoms with E-state index in [1.807, 2.05) is 19.2 Å². The van der Waals surface area contributed by atoms with Crippen molar-refractivity contribution in [2.45, 2.75) is 38.4 Å². The van der Waals surface area contributed by atoms with E-state index < -0.39 is 5.79 Å². The first-order valence-corrected chi connectivity index (χ1v) is 9.20. The van der Waals surface area contributed by atoms with Gasteiger partial charge in [-0.25, -0.2) is 0 Å². The lowest BCUT2D eigenvalue weighted by Gasteiger charge is -2.44. The van der Waals surface area contributed by atoms with E-state index in [2.05, 4.69) is 54.4 Å². The molecular weight excluding hydrogens is 322 g/mol. The lowest BCUT2D eigenvalue weighted by atomic mass is 9.79. The zero-order valence-corrected chi connectivity index (χ0v) is 15.0.